The molecule has 4 heteroatoms. The lowest BCUT2D eigenvalue weighted by Crippen LogP contribution is -2.26. The van der Waals surface area contributed by atoms with Crippen molar-refractivity contribution < 1.29 is 4.79 Å². The SMILES string of the molecule is C=CC(=O)N1CCC(c2nc(CCc3ccccc3)nc3ccccc23)C1. The number of fused-ring (bicyclic) bond motifs is 1. The molecule has 0 spiro atoms. The summed E-state index contributed by atoms with van der Waals surface area (Å²) >= 11 is 0. The van der Waals surface area contributed by atoms with Crippen molar-refractivity contribution in [3.05, 3.63) is 84.3 Å². The highest BCUT2D eigenvalue weighted by Gasteiger charge is 2.28. The summed E-state index contributed by atoms with van der Waals surface area (Å²) in [4.78, 5) is 23.5. The molecule has 136 valence electrons. The minimum absolute atomic E-state index is 0.000151. The summed E-state index contributed by atoms with van der Waals surface area (Å²) in [5.41, 5.74) is 3.35. The molecule has 0 saturated carbocycles. The first-order valence-corrected chi connectivity index (χ1v) is 9.45. The Labute approximate surface area is 159 Å². The van der Waals surface area contributed by atoms with Crippen molar-refractivity contribution in [2.45, 2.75) is 25.2 Å². The lowest BCUT2D eigenvalue weighted by molar-refractivity contribution is -0.125. The number of benzene rings is 2. The molecular weight excluding hydrogens is 334 g/mol. The zero-order valence-electron chi connectivity index (χ0n) is 15.3. The maximum absolute atomic E-state index is 12.0. The van der Waals surface area contributed by atoms with Crippen LogP contribution >= 0.6 is 0 Å². The van der Waals surface area contributed by atoms with E-state index in [-0.39, 0.29) is 11.8 Å². The quantitative estimate of drug-likeness (QED) is 0.650. The van der Waals surface area contributed by atoms with E-state index in [1.54, 1.807) is 0 Å². The molecule has 4 nitrogen and oxygen atoms in total. The number of nitrogens with zero attached hydrogens (tertiary/aromatic N) is 3. The fraction of sp³-hybridized carbons (Fsp3) is 0.261. The van der Waals surface area contributed by atoms with Gasteiger partial charge in [0, 0.05) is 30.8 Å². The number of hydrogen-bond donors (Lipinski definition) is 0. The third-order valence-electron chi connectivity index (χ3n) is 5.22. The van der Waals surface area contributed by atoms with E-state index in [0.29, 0.717) is 6.54 Å². The van der Waals surface area contributed by atoms with Crippen LogP contribution in [-0.2, 0) is 17.6 Å². The second-order valence-corrected chi connectivity index (χ2v) is 7.00. The summed E-state index contributed by atoms with van der Waals surface area (Å²) in [6.07, 6.45) is 4.05. The molecule has 3 aromatic rings. The van der Waals surface area contributed by atoms with Crippen molar-refractivity contribution in [3.63, 3.8) is 0 Å². The van der Waals surface area contributed by atoms with E-state index in [4.69, 9.17) is 9.97 Å². The molecule has 0 aliphatic carbocycles. The fourth-order valence-corrected chi connectivity index (χ4v) is 3.79. The zero-order valence-corrected chi connectivity index (χ0v) is 15.3. The van der Waals surface area contributed by atoms with Crippen LogP contribution in [-0.4, -0.2) is 33.9 Å². The number of carbonyl (C=O) groups is 1. The Morgan fingerprint density at radius 1 is 1.07 bits per heavy atom. The Balaban J connectivity index is 1.63. The summed E-state index contributed by atoms with van der Waals surface area (Å²) in [7, 11) is 0. The molecule has 1 fully saturated rings. The molecule has 1 aliphatic rings. The van der Waals surface area contributed by atoms with Crippen LogP contribution in [0.3, 0.4) is 0 Å². The molecule has 2 heterocycles. The topological polar surface area (TPSA) is 46.1 Å². The first-order chi connectivity index (χ1) is 13.2. The van der Waals surface area contributed by atoms with Gasteiger partial charge >= 0.3 is 0 Å². The highest BCUT2D eigenvalue weighted by atomic mass is 16.2. The van der Waals surface area contributed by atoms with E-state index < -0.39 is 0 Å². The van der Waals surface area contributed by atoms with Gasteiger partial charge in [-0.1, -0.05) is 55.1 Å². The molecule has 27 heavy (non-hydrogen) atoms. The van der Waals surface area contributed by atoms with Gasteiger partial charge in [-0.05, 0) is 30.5 Å². The molecule has 1 amide bonds. The molecule has 4 rings (SSSR count). The van der Waals surface area contributed by atoms with Crippen LogP contribution < -0.4 is 0 Å². The largest absolute Gasteiger partial charge is 0.338 e. The van der Waals surface area contributed by atoms with Crippen LogP contribution in [0.5, 0.6) is 0 Å². The maximum Gasteiger partial charge on any atom is 0.245 e. The van der Waals surface area contributed by atoms with Gasteiger partial charge in [0.1, 0.15) is 5.82 Å². The van der Waals surface area contributed by atoms with E-state index in [2.05, 4.69) is 36.9 Å². The monoisotopic (exact) mass is 357 g/mol. The minimum atomic E-state index is 0.000151. The van der Waals surface area contributed by atoms with Crippen molar-refractivity contribution in [1.82, 2.24) is 14.9 Å². The van der Waals surface area contributed by atoms with E-state index in [9.17, 15) is 4.79 Å². The molecule has 0 N–H and O–H groups in total. The van der Waals surface area contributed by atoms with Gasteiger partial charge in [-0.3, -0.25) is 4.79 Å². The average Bonchev–Trinajstić information content (AvgIpc) is 3.22. The van der Waals surface area contributed by atoms with Crippen LogP contribution in [0, 0.1) is 0 Å². The highest BCUT2D eigenvalue weighted by molar-refractivity contribution is 5.87. The van der Waals surface area contributed by atoms with Crippen LogP contribution in [0.25, 0.3) is 10.9 Å². The van der Waals surface area contributed by atoms with Gasteiger partial charge in [-0.2, -0.15) is 0 Å². The lowest BCUT2D eigenvalue weighted by Gasteiger charge is -2.16. The average molecular weight is 357 g/mol. The standard InChI is InChI=1S/C23H23N3O/c1-2-22(27)26-15-14-18(16-26)23-19-10-6-7-11-20(19)24-21(25-23)13-12-17-8-4-3-5-9-17/h2-11,18H,1,12-16H2. The second-order valence-electron chi connectivity index (χ2n) is 7.00. The highest BCUT2D eigenvalue weighted by Crippen LogP contribution is 2.31. The number of para-hydroxylation sites is 1. The van der Waals surface area contributed by atoms with Gasteiger partial charge in [-0.15, -0.1) is 0 Å². The predicted molar refractivity (Wildman–Crippen MR) is 108 cm³/mol. The lowest BCUT2D eigenvalue weighted by atomic mass is 9.99. The number of aryl methyl sites for hydroxylation is 2. The third-order valence-corrected chi connectivity index (χ3v) is 5.22. The molecule has 0 radical (unpaired) electrons. The maximum atomic E-state index is 12.0. The van der Waals surface area contributed by atoms with Crippen molar-refractivity contribution in [2.75, 3.05) is 13.1 Å². The molecule has 1 atom stereocenters. The van der Waals surface area contributed by atoms with Crippen LogP contribution in [0.1, 0.15) is 29.4 Å². The van der Waals surface area contributed by atoms with Crippen LogP contribution in [0.4, 0.5) is 0 Å². The van der Waals surface area contributed by atoms with Crippen LogP contribution in [0.15, 0.2) is 67.3 Å². The summed E-state index contributed by atoms with van der Waals surface area (Å²) in [5.74, 6) is 1.12. The number of carbonyl (C=O) groups excluding carboxylic acids is 1. The normalized spacial score (nSPS) is 16.6. The van der Waals surface area contributed by atoms with E-state index in [0.717, 1.165) is 48.2 Å². The molecule has 0 bridgehead atoms. The minimum Gasteiger partial charge on any atom is -0.338 e. The van der Waals surface area contributed by atoms with Gasteiger partial charge in [-0.25, -0.2) is 9.97 Å². The Morgan fingerprint density at radius 2 is 1.85 bits per heavy atom. The van der Waals surface area contributed by atoms with Gasteiger partial charge < -0.3 is 4.90 Å². The fourth-order valence-electron chi connectivity index (χ4n) is 3.79. The van der Waals surface area contributed by atoms with Crippen molar-refractivity contribution in [3.8, 4) is 0 Å². The summed E-state index contributed by atoms with van der Waals surface area (Å²) in [6.45, 7) is 5.06. The molecule has 1 saturated heterocycles. The summed E-state index contributed by atoms with van der Waals surface area (Å²) < 4.78 is 0. The van der Waals surface area contributed by atoms with E-state index in [1.165, 1.54) is 11.6 Å². The van der Waals surface area contributed by atoms with Gasteiger partial charge in [0.15, 0.2) is 0 Å². The molecular formula is C23H23N3O. The first-order valence-electron chi connectivity index (χ1n) is 9.45. The smallest absolute Gasteiger partial charge is 0.245 e. The molecule has 2 aromatic carbocycles. The molecule has 1 unspecified atom stereocenters. The van der Waals surface area contributed by atoms with Crippen molar-refractivity contribution >= 4 is 16.8 Å². The molecule has 1 aromatic heterocycles. The van der Waals surface area contributed by atoms with Crippen molar-refractivity contribution in [2.24, 2.45) is 0 Å². The number of rotatable bonds is 5. The van der Waals surface area contributed by atoms with E-state index >= 15 is 0 Å². The Morgan fingerprint density at radius 3 is 2.67 bits per heavy atom. The Bertz CT molecular complexity index is 968. The van der Waals surface area contributed by atoms with Gasteiger partial charge in [0.05, 0.1) is 11.2 Å². The number of amides is 1. The first kappa shape index (κ1) is 17.4. The van der Waals surface area contributed by atoms with Gasteiger partial charge in [0.25, 0.3) is 0 Å². The summed E-state index contributed by atoms with van der Waals surface area (Å²) in [5, 5.41) is 1.10. The number of aromatic nitrogens is 2. The number of likely N-dealkylation sites (tertiary alicyclic amines) is 1. The predicted octanol–water partition coefficient (Wildman–Crippen LogP) is 3.92. The number of hydrogen-bond acceptors (Lipinski definition) is 3. The van der Waals surface area contributed by atoms with Crippen molar-refractivity contribution in [1.29, 1.82) is 0 Å². The third kappa shape index (κ3) is 3.75. The Hall–Kier alpha value is -3.01. The molecule has 1 aliphatic heterocycles. The zero-order chi connectivity index (χ0) is 18.6. The van der Waals surface area contributed by atoms with Crippen LogP contribution in [0.2, 0.25) is 0 Å². The van der Waals surface area contributed by atoms with Gasteiger partial charge in [0.2, 0.25) is 5.91 Å². The summed E-state index contributed by atoms with van der Waals surface area (Å²) in [6, 6.07) is 18.6. The Kier molecular flexibility index (Phi) is 4.97. The van der Waals surface area contributed by atoms with E-state index in [1.807, 2.05) is 29.2 Å². The second kappa shape index (κ2) is 7.70.